The summed E-state index contributed by atoms with van der Waals surface area (Å²) in [5.74, 6) is -0.150. The van der Waals surface area contributed by atoms with Gasteiger partial charge in [0, 0.05) is 37.9 Å². The first kappa shape index (κ1) is 21.1. The lowest BCUT2D eigenvalue weighted by Gasteiger charge is -2.35. The molecule has 1 saturated heterocycles. The van der Waals surface area contributed by atoms with Crippen molar-refractivity contribution in [2.45, 2.75) is 20.8 Å². The monoisotopic (exact) mass is 411 g/mol. The van der Waals surface area contributed by atoms with Gasteiger partial charge in [-0.05, 0) is 11.5 Å². The standard InChI is InChI=1S/C20H25N7O3/c1-20(2,3)12-30-19(29)27-6-4-26(5-7-27)15-11-24-18-16(25-15)14(10-23-18)8-13(9-21)17(22)28/h8,10-11H,4-7,12H2,1-3H3,(H2,22,28)(H,23,24)/b13-8+. The van der Waals surface area contributed by atoms with E-state index in [0.717, 1.165) is 0 Å². The largest absolute Gasteiger partial charge is 0.449 e. The van der Waals surface area contributed by atoms with Crippen LogP contribution in [0.3, 0.4) is 0 Å². The average Bonchev–Trinajstić information content (AvgIpc) is 3.11. The first-order valence-corrected chi connectivity index (χ1v) is 9.60. The molecule has 10 heteroatoms. The molecule has 1 aliphatic heterocycles. The molecule has 0 unspecified atom stereocenters. The number of rotatable bonds is 4. The van der Waals surface area contributed by atoms with Gasteiger partial charge in [-0.3, -0.25) is 4.79 Å². The molecule has 3 heterocycles. The Morgan fingerprint density at radius 3 is 2.63 bits per heavy atom. The van der Waals surface area contributed by atoms with Crippen LogP contribution in [-0.4, -0.2) is 64.6 Å². The number of aromatic amines is 1. The third-order valence-corrected chi connectivity index (χ3v) is 4.57. The predicted molar refractivity (Wildman–Crippen MR) is 111 cm³/mol. The lowest BCUT2D eigenvalue weighted by Crippen LogP contribution is -2.49. The van der Waals surface area contributed by atoms with Gasteiger partial charge in [-0.25, -0.2) is 14.8 Å². The van der Waals surface area contributed by atoms with E-state index in [2.05, 4.69) is 15.0 Å². The highest BCUT2D eigenvalue weighted by atomic mass is 16.6. The van der Waals surface area contributed by atoms with Crippen LogP contribution in [0, 0.1) is 16.7 Å². The molecule has 3 rings (SSSR count). The van der Waals surface area contributed by atoms with Gasteiger partial charge in [0.05, 0.1) is 12.8 Å². The maximum Gasteiger partial charge on any atom is 0.409 e. The zero-order valence-corrected chi connectivity index (χ0v) is 17.3. The number of anilines is 1. The summed E-state index contributed by atoms with van der Waals surface area (Å²) >= 11 is 0. The summed E-state index contributed by atoms with van der Waals surface area (Å²) in [5.41, 5.74) is 6.60. The second kappa shape index (κ2) is 8.41. The number of aromatic nitrogens is 3. The Morgan fingerprint density at radius 1 is 1.33 bits per heavy atom. The van der Waals surface area contributed by atoms with Gasteiger partial charge >= 0.3 is 6.09 Å². The number of hydrogen-bond acceptors (Lipinski definition) is 7. The number of primary amides is 1. The van der Waals surface area contributed by atoms with Crippen LogP contribution >= 0.6 is 0 Å². The van der Waals surface area contributed by atoms with Crippen LogP contribution < -0.4 is 10.6 Å². The Bertz CT molecular complexity index is 1020. The predicted octanol–water partition coefficient (Wildman–Crippen LogP) is 1.65. The summed E-state index contributed by atoms with van der Waals surface area (Å²) in [6.07, 6.45) is 4.36. The number of nitrogens with zero attached hydrogens (tertiary/aromatic N) is 5. The lowest BCUT2D eigenvalue weighted by molar-refractivity contribution is -0.114. The van der Waals surface area contributed by atoms with Gasteiger partial charge in [-0.1, -0.05) is 20.8 Å². The third-order valence-electron chi connectivity index (χ3n) is 4.57. The molecule has 2 aromatic rings. The van der Waals surface area contributed by atoms with Crippen LogP contribution in [0.2, 0.25) is 0 Å². The van der Waals surface area contributed by atoms with E-state index in [0.29, 0.717) is 55.3 Å². The highest BCUT2D eigenvalue weighted by molar-refractivity contribution is 6.02. The SMILES string of the molecule is CC(C)(C)COC(=O)N1CCN(c2cnc3[nH]cc(/C=C(\C#N)C(N)=O)c3n2)CC1. The molecule has 2 aromatic heterocycles. The Labute approximate surface area is 174 Å². The summed E-state index contributed by atoms with van der Waals surface area (Å²) in [7, 11) is 0. The molecule has 2 amide bonds. The highest BCUT2D eigenvalue weighted by Crippen LogP contribution is 2.22. The molecule has 0 bridgehead atoms. The van der Waals surface area contributed by atoms with Crippen LogP contribution in [-0.2, 0) is 9.53 Å². The normalized spacial score (nSPS) is 15.2. The minimum atomic E-state index is -0.801. The maximum atomic E-state index is 12.2. The van der Waals surface area contributed by atoms with Gasteiger partial charge in [0.2, 0.25) is 0 Å². The number of ether oxygens (including phenoxy) is 1. The Morgan fingerprint density at radius 2 is 2.03 bits per heavy atom. The van der Waals surface area contributed by atoms with Crippen LogP contribution in [0.4, 0.5) is 10.6 Å². The molecule has 0 aliphatic carbocycles. The van der Waals surface area contributed by atoms with Crippen molar-refractivity contribution in [2.75, 3.05) is 37.7 Å². The maximum absolute atomic E-state index is 12.2. The van der Waals surface area contributed by atoms with E-state index < -0.39 is 5.91 Å². The average molecular weight is 411 g/mol. The van der Waals surface area contributed by atoms with Crippen LogP contribution in [0.15, 0.2) is 18.0 Å². The van der Waals surface area contributed by atoms with Gasteiger partial charge in [-0.15, -0.1) is 0 Å². The molecule has 0 atom stereocenters. The van der Waals surface area contributed by atoms with Gasteiger partial charge < -0.3 is 25.3 Å². The van der Waals surface area contributed by atoms with E-state index in [1.165, 1.54) is 6.08 Å². The topological polar surface area (TPSA) is 141 Å². The molecule has 0 aromatic carbocycles. The van der Waals surface area contributed by atoms with Gasteiger partial charge in [-0.2, -0.15) is 5.26 Å². The molecular formula is C20H25N7O3. The molecule has 30 heavy (non-hydrogen) atoms. The van der Waals surface area contributed by atoms with Crippen molar-refractivity contribution in [3.05, 3.63) is 23.5 Å². The first-order chi connectivity index (χ1) is 14.2. The number of carbonyl (C=O) groups is 2. The van der Waals surface area contributed by atoms with Crippen molar-refractivity contribution in [3.8, 4) is 6.07 Å². The second-order valence-electron chi connectivity index (χ2n) is 8.29. The molecule has 0 radical (unpaired) electrons. The Hall–Kier alpha value is -3.61. The van der Waals surface area contributed by atoms with Crippen molar-refractivity contribution < 1.29 is 14.3 Å². The summed E-state index contributed by atoms with van der Waals surface area (Å²) < 4.78 is 5.38. The number of nitrogens with two attached hydrogens (primary N) is 1. The molecule has 1 fully saturated rings. The van der Waals surface area contributed by atoms with Crippen LogP contribution in [0.1, 0.15) is 26.3 Å². The van der Waals surface area contributed by atoms with Crippen LogP contribution in [0.25, 0.3) is 17.2 Å². The number of nitrogens with one attached hydrogen (secondary N) is 1. The second-order valence-corrected chi connectivity index (χ2v) is 8.29. The lowest BCUT2D eigenvalue weighted by atomic mass is 9.99. The number of piperazine rings is 1. The van der Waals surface area contributed by atoms with E-state index in [1.807, 2.05) is 25.7 Å². The number of hydrogen-bond donors (Lipinski definition) is 2. The fraction of sp³-hybridized carbons (Fsp3) is 0.450. The van der Waals surface area contributed by atoms with E-state index in [-0.39, 0.29) is 17.1 Å². The first-order valence-electron chi connectivity index (χ1n) is 9.60. The molecule has 10 nitrogen and oxygen atoms in total. The summed E-state index contributed by atoms with van der Waals surface area (Å²) in [6, 6.07) is 1.78. The minimum absolute atomic E-state index is 0.0783. The fourth-order valence-corrected chi connectivity index (χ4v) is 2.97. The van der Waals surface area contributed by atoms with E-state index in [4.69, 9.17) is 15.7 Å². The molecule has 1 aliphatic rings. The Balaban J connectivity index is 1.71. The molecule has 0 spiro atoms. The highest BCUT2D eigenvalue weighted by Gasteiger charge is 2.25. The number of amides is 2. The minimum Gasteiger partial charge on any atom is -0.449 e. The summed E-state index contributed by atoms with van der Waals surface area (Å²) in [5, 5.41) is 9.06. The smallest absolute Gasteiger partial charge is 0.409 e. The van der Waals surface area contributed by atoms with E-state index in [9.17, 15) is 9.59 Å². The number of H-pyrrole nitrogens is 1. The quantitative estimate of drug-likeness (QED) is 0.575. The third kappa shape index (κ3) is 4.86. The number of carbonyl (C=O) groups excluding carboxylic acids is 2. The van der Waals surface area contributed by atoms with Gasteiger partial charge in [0.15, 0.2) is 5.65 Å². The van der Waals surface area contributed by atoms with Gasteiger partial charge in [0.25, 0.3) is 5.91 Å². The molecule has 3 N–H and O–H groups in total. The van der Waals surface area contributed by atoms with Gasteiger partial charge in [0.1, 0.15) is 23.0 Å². The zero-order valence-electron chi connectivity index (χ0n) is 17.3. The number of nitriles is 1. The Kier molecular flexibility index (Phi) is 5.91. The summed E-state index contributed by atoms with van der Waals surface area (Å²) in [6.45, 7) is 8.62. The van der Waals surface area contributed by atoms with Crippen molar-refractivity contribution in [2.24, 2.45) is 11.1 Å². The molecule has 0 saturated carbocycles. The number of fused-ring (bicyclic) bond motifs is 1. The van der Waals surface area contributed by atoms with Crippen molar-refractivity contribution in [3.63, 3.8) is 0 Å². The fourth-order valence-electron chi connectivity index (χ4n) is 2.97. The van der Waals surface area contributed by atoms with Crippen molar-refractivity contribution >= 4 is 35.1 Å². The molecule has 158 valence electrons. The molecular weight excluding hydrogens is 386 g/mol. The van der Waals surface area contributed by atoms with E-state index >= 15 is 0 Å². The van der Waals surface area contributed by atoms with Crippen LogP contribution in [0.5, 0.6) is 0 Å². The zero-order chi connectivity index (χ0) is 21.9. The summed E-state index contributed by atoms with van der Waals surface area (Å²) in [4.78, 5) is 39.3. The van der Waals surface area contributed by atoms with E-state index in [1.54, 1.807) is 23.4 Å². The van der Waals surface area contributed by atoms with Crippen molar-refractivity contribution in [1.82, 2.24) is 19.9 Å². The van der Waals surface area contributed by atoms with Crippen molar-refractivity contribution in [1.29, 1.82) is 5.26 Å².